The SMILES string of the molecule is C/C(=C\Oc1ccccc1)C(=O)OC(O)COCCOCCO. The molecule has 0 saturated heterocycles. The molecule has 1 aromatic rings. The molecule has 0 radical (unpaired) electrons. The van der Waals surface area contributed by atoms with Crippen LogP contribution in [0.2, 0.25) is 0 Å². The summed E-state index contributed by atoms with van der Waals surface area (Å²) in [6.07, 6.45) is -0.117. The lowest BCUT2D eigenvalue weighted by Crippen LogP contribution is -2.24. The van der Waals surface area contributed by atoms with Gasteiger partial charge in [0.2, 0.25) is 6.29 Å². The number of benzene rings is 1. The average Bonchev–Trinajstić information content (AvgIpc) is 2.56. The van der Waals surface area contributed by atoms with E-state index in [1.807, 2.05) is 18.2 Å². The van der Waals surface area contributed by atoms with Gasteiger partial charge in [0.25, 0.3) is 0 Å². The number of aliphatic hydroxyl groups excluding tert-OH is 2. The van der Waals surface area contributed by atoms with Gasteiger partial charge in [-0.25, -0.2) is 4.79 Å². The highest BCUT2D eigenvalue weighted by atomic mass is 16.7. The predicted molar refractivity (Wildman–Crippen MR) is 81.6 cm³/mol. The first kappa shape index (κ1) is 19.1. The lowest BCUT2D eigenvalue weighted by Gasteiger charge is -2.12. The van der Waals surface area contributed by atoms with Gasteiger partial charge in [-0.1, -0.05) is 18.2 Å². The molecule has 128 valence electrons. The van der Waals surface area contributed by atoms with Crippen molar-refractivity contribution in [2.45, 2.75) is 13.2 Å². The van der Waals surface area contributed by atoms with Crippen molar-refractivity contribution in [3.8, 4) is 5.75 Å². The third-order valence-corrected chi connectivity index (χ3v) is 2.55. The second-order valence-corrected chi connectivity index (χ2v) is 4.50. The molecule has 1 unspecified atom stereocenters. The summed E-state index contributed by atoms with van der Waals surface area (Å²) in [5, 5.41) is 18.0. The normalized spacial score (nSPS) is 12.7. The fourth-order valence-corrected chi connectivity index (χ4v) is 1.42. The lowest BCUT2D eigenvalue weighted by atomic mass is 10.3. The van der Waals surface area contributed by atoms with Crippen LogP contribution >= 0.6 is 0 Å². The number of para-hydroxylation sites is 1. The molecule has 1 aromatic carbocycles. The van der Waals surface area contributed by atoms with Gasteiger partial charge in [0.15, 0.2) is 0 Å². The summed E-state index contributed by atoms with van der Waals surface area (Å²) < 4.78 is 20.1. The number of aliphatic hydroxyl groups is 2. The highest BCUT2D eigenvalue weighted by Crippen LogP contribution is 2.10. The minimum absolute atomic E-state index is 0.0586. The Morgan fingerprint density at radius 1 is 1.17 bits per heavy atom. The van der Waals surface area contributed by atoms with Gasteiger partial charge >= 0.3 is 5.97 Å². The monoisotopic (exact) mass is 326 g/mol. The molecule has 0 aliphatic heterocycles. The van der Waals surface area contributed by atoms with Crippen LogP contribution in [0.3, 0.4) is 0 Å². The van der Waals surface area contributed by atoms with Gasteiger partial charge in [0.05, 0.1) is 32.0 Å². The molecular weight excluding hydrogens is 304 g/mol. The summed E-state index contributed by atoms with van der Waals surface area (Å²) in [5.41, 5.74) is 0.208. The summed E-state index contributed by atoms with van der Waals surface area (Å²) in [5.74, 6) is -0.111. The molecule has 7 nitrogen and oxygen atoms in total. The number of hydrogen-bond acceptors (Lipinski definition) is 7. The molecule has 0 fully saturated rings. The van der Waals surface area contributed by atoms with Crippen molar-refractivity contribution in [2.24, 2.45) is 0 Å². The maximum absolute atomic E-state index is 11.7. The maximum atomic E-state index is 11.7. The van der Waals surface area contributed by atoms with Crippen molar-refractivity contribution in [3.63, 3.8) is 0 Å². The number of carbonyl (C=O) groups excluding carboxylic acids is 1. The molecule has 23 heavy (non-hydrogen) atoms. The molecule has 0 aromatic heterocycles. The van der Waals surface area contributed by atoms with E-state index in [1.165, 1.54) is 13.2 Å². The fraction of sp³-hybridized carbons (Fsp3) is 0.438. The topological polar surface area (TPSA) is 94.5 Å². The Morgan fingerprint density at radius 2 is 1.87 bits per heavy atom. The molecule has 0 spiro atoms. The van der Waals surface area contributed by atoms with Crippen molar-refractivity contribution in [3.05, 3.63) is 42.2 Å². The van der Waals surface area contributed by atoms with Crippen molar-refractivity contribution in [1.29, 1.82) is 0 Å². The van der Waals surface area contributed by atoms with Crippen LogP contribution in [0.15, 0.2) is 42.2 Å². The first-order chi connectivity index (χ1) is 11.1. The predicted octanol–water partition coefficient (Wildman–Crippen LogP) is 0.856. The Hall–Kier alpha value is -1.93. The van der Waals surface area contributed by atoms with E-state index in [0.717, 1.165) is 0 Å². The van der Waals surface area contributed by atoms with Crippen LogP contribution in [0.1, 0.15) is 6.92 Å². The number of hydrogen-bond donors (Lipinski definition) is 2. The summed E-state index contributed by atoms with van der Waals surface area (Å²) in [7, 11) is 0. The molecular formula is C16H22O7. The van der Waals surface area contributed by atoms with Crippen LogP contribution in [-0.2, 0) is 19.0 Å². The molecule has 1 atom stereocenters. The van der Waals surface area contributed by atoms with Crippen molar-refractivity contribution < 1.29 is 34.0 Å². The molecule has 0 heterocycles. The Morgan fingerprint density at radius 3 is 2.57 bits per heavy atom. The quantitative estimate of drug-likeness (QED) is 0.205. The van der Waals surface area contributed by atoms with Gasteiger partial charge in [-0.05, 0) is 19.1 Å². The molecule has 7 heteroatoms. The van der Waals surface area contributed by atoms with Gasteiger partial charge < -0.3 is 29.2 Å². The van der Waals surface area contributed by atoms with E-state index in [9.17, 15) is 9.90 Å². The number of carbonyl (C=O) groups is 1. The van der Waals surface area contributed by atoms with Gasteiger partial charge in [-0.15, -0.1) is 0 Å². The van der Waals surface area contributed by atoms with Gasteiger partial charge in [-0.2, -0.15) is 0 Å². The lowest BCUT2D eigenvalue weighted by molar-refractivity contribution is -0.173. The molecule has 0 aliphatic carbocycles. The minimum Gasteiger partial charge on any atom is -0.464 e. The molecule has 0 amide bonds. The molecule has 2 N–H and O–H groups in total. The number of esters is 1. The largest absolute Gasteiger partial charge is 0.464 e. The van der Waals surface area contributed by atoms with Crippen LogP contribution in [0.4, 0.5) is 0 Å². The smallest absolute Gasteiger partial charge is 0.339 e. The van der Waals surface area contributed by atoms with E-state index in [-0.39, 0.29) is 38.6 Å². The van der Waals surface area contributed by atoms with Gasteiger partial charge in [0.1, 0.15) is 18.6 Å². The van der Waals surface area contributed by atoms with E-state index in [2.05, 4.69) is 0 Å². The van der Waals surface area contributed by atoms with E-state index < -0.39 is 12.3 Å². The fourth-order valence-electron chi connectivity index (χ4n) is 1.42. The Kier molecular flexibility index (Phi) is 9.65. The third kappa shape index (κ3) is 8.94. The zero-order valence-corrected chi connectivity index (χ0v) is 13.0. The standard InChI is InChI=1S/C16H22O7/c1-13(11-22-14-5-3-2-4-6-14)16(19)23-15(18)12-21-10-9-20-8-7-17/h2-6,11,15,17-18H,7-10,12H2,1H3/b13-11+. The van der Waals surface area contributed by atoms with Crippen molar-refractivity contribution in [2.75, 3.05) is 33.0 Å². The van der Waals surface area contributed by atoms with Crippen LogP contribution in [0, 0.1) is 0 Å². The van der Waals surface area contributed by atoms with Crippen LogP contribution in [-0.4, -0.2) is 55.5 Å². The van der Waals surface area contributed by atoms with Crippen molar-refractivity contribution >= 4 is 5.97 Å². The van der Waals surface area contributed by atoms with Gasteiger partial charge in [-0.3, -0.25) is 0 Å². The number of ether oxygens (including phenoxy) is 4. The van der Waals surface area contributed by atoms with Crippen LogP contribution in [0.5, 0.6) is 5.75 Å². The second kappa shape index (κ2) is 11.6. The molecule has 0 bridgehead atoms. The van der Waals surface area contributed by atoms with Crippen LogP contribution in [0.25, 0.3) is 0 Å². The highest BCUT2D eigenvalue weighted by Gasteiger charge is 2.13. The first-order valence-electron chi connectivity index (χ1n) is 7.17. The summed E-state index contributed by atoms with van der Waals surface area (Å²) >= 11 is 0. The third-order valence-electron chi connectivity index (χ3n) is 2.55. The molecule has 0 aliphatic rings. The Bertz CT molecular complexity index is 473. The number of rotatable bonds is 11. The molecule has 0 saturated carbocycles. The summed E-state index contributed by atoms with van der Waals surface area (Å²) in [6, 6.07) is 8.96. The Labute approximate surface area is 135 Å². The summed E-state index contributed by atoms with van der Waals surface area (Å²) in [6.45, 7) is 2.03. The minimum atomic E-state index is -1.37. The van der Waals surface area contributed by atoms with E-state index in [1.54, 1.807) is 12.1 Å². The van der Waals surface area contributed by atoms with E-state index >= 15 is 0 Å². The summed E-state index contributed by atoms with van der Waals surface area (Å²) in [4.78, 5) is 11.7. The maximum Gasteiger partial charge on any atom is 0.339 e. The average molecular weight is 326 g/mol. The zero-order valence-electron chi connectivity index (χ0n) is 13.0. The second-order valence-electron chi connectivity index (χ2n) is 4.50. The molecule has 1 rings (SSSR count). The van der Waals surface area contributed by atoms with E-state index in [4.69, 9.17) is 24.1 Å². The Balaban J connectivity index is 2.23. The van der Waals surface area contributed by atoms with Crippen molar-refractivity contribution in [1.82, 2.24) is 0 Å². The zero-order chi connectivity index (χ0) is 16.9. The first-order valence-corrected chi connectivity index (χ1v) is 7.17. The highest BCUT2D eigenvalue weighted by molar-refractivity contribution is 5.87. The van der Waals surface area contributed by atoms with Crippen LogP contribution < -0.4 is 4.74 Å². The van der Waals surface area contributed by atoms with E-state index in [0.29, 0.717) is 5.75 Å². The van der Waals surface area contributed by atoms with Gasteiger partial charge in [0, 0.05) is 0 Å².